The number of nitrogens with one attached hydrogen (secondary N) is 1. The number of aldehydes is 3. The van der Waals surface area contributed by atoms with Gasteiger partial charge in [0.15, 0.2) is 0 Å². The smallest absolute Gasteiger partial charge is 0.137 e. The molecular weight excluding hydrogens is 344 g/mol. The van der Waals surface area contributed by atoms with E-state index in [2.05, 4.69) is 31.0 Å². The van der Waals surface area contributed by atoms with E-state index >= 15 is 0 Å². The fourth-order valence-corrected chi connectivity index (χ4v) is 2.01. The number of hydrogen-bond acceptors (Lipinski definition) is 6. The average Bonchev–Trinajstić information content (AvgIpc) is 2.96. The number of carbonyl (C=O) groups is 3. The highest BCUT2D eigenvalue weighted by atomic mass is 16.2. The molecule has 1 rings (SSSR count). The Morgan fingerprint density at radius 1 is 1.07 bits per heavy atom. The van der Waals surface area contributed by atoms with Gasteiger partial charge in [0, 0.05) is 19.6 Å². The van der Waals surface area contributed by atoms with Crippen LogP contribution in [0.4, 0.5) is 0 Å². The van der Waals surface area contributed by atoms with Gasteiger partial charge in [-0.1, -0.05) is 54.9 Å². The minimum absolute atomic E-state index is 0.0231. The maximum Gasteiger partial charge on any atom is 0.137 e. The van der Waals surface area contributed by atoms with E-state index in [4.69, 9.17) is 5.11 Å². The molecule has 0 saturated carbocycles. The predicted molar refractivity (Wildman–Crippen MR) is 115 cm³/mol. The first-order valence-corrected chi connectivity index (χ1v) is 9.82. The predicted octanol–water partition coefficient (Wildman–Crippen LogP) is 2.82. The highest BCUT2D eigenvalue weighted by Gasteiger charge is 2.25. The molecule has 0 radical (unpaired) electrons. The van der Waals surface area contributed by atoms with Gasteiger partial charge in [-0.05, 0) is 32.4 Å². The van der Waals surface area contributed by atoms with E-state index < -0.39 is 0 Å². The first kappa shape index (κ1) is 33.5. The largest absolute Gasteiger partial charge is 0.400 e. The Balaban J connectivity index is -0.000000135. The summed E-state index contributed by atoms with van der Waals surface area (Å²) in [6.07, 6.45) is 5.19. The fourth-order valence-electron chi connectivity index (χ4n) is 2.01. The number of aliphatic hydroxyl groups is 1. The second-order valence-electron chi connectivity index (χ2n) is 7.27. The van der Waals surface area contributed by atoms with Crippen LogP contribution < -0.4 is 5.32 Å². The molecule has 3 atom stereocenters. The van der Waals surface area contributed by atoms with Gasteiger partial charge in [0.25, 0.3) is 0 Å². The lowest BCUT2D eigenvalue weighted by atomic mass is 10.1. The van der Waals surface area contributed by atoms with Crippen LogP contribution in [0.3, 0.4) is 0 Å². The summed E-state index contributed by atoms with van der Waals surface area (Å²) >= 11 is 0. The van der Waals surface area contributed by atoms with Crippen molar-refractivity contribution in [2.45, 2.75) is 73.4 Å². The minimum atomic E-state index is 0.0231. The van der Waals surface area contributed by atoms with Crippen LogP contribution in [-0.2, 0) is 14.4 Å². The number of aliphatic hydroxyl groups excluding tert-OH is 1. The monoisotopic (exact) mass is 390 g/mol. The Morgan fingerprint density at radius 3 is 1.56 bits per heavy atom. The zero-order valence-electron chi connectivity index (χ0n) is 19.4. The lowest BCUT2D eigenvalue weighted by Crippen LogP contribution is -2.31. The highest BCUT2D eigenvalue weighted by Crippen LogP contribution is 2.18. The van der Waals surface area contributed by atoms with Crippen molar-refractivity contribution in [2.75, 3.05) is 27.7 Å². The molecule has 0 aliphatic carbocycles. The van der Waals surface area contributed by atoms with Crippen LogP contribution in [0, 0.1) is 17.8 Å². The number of rotatable bonds is 5. The second-order valence-corrected chi connectivity index (χ2v) is 7.27. The Morgan fingerprint density at radius 2 is 1.48 bits per heavy atom. The van der Waals surface area contributed by atoms with Crippen LogP contribution in [-0.4, -0.2) is 68.7 Å². The highest BCUT2D eigenvalue weighted by molar-refractivity contribution is 5.58. The number of carbonyl (C=O) groups excluding carboxylic acids is 3. The van der Waals surface area contributed by atoms with Gasteiger partial charge in [-0.15, -0.1) is 0 Å². The Hall–Kier alpha value is -1.11. The standard InChI is InChI=1S/C7H13NO.C6H13NO.C4H8O.C3H8.CH4O/c1-6-3-7(5-9)8(2)4-6;1-5(2)6(4-8)7-3;1-4(2)3-5;1-3-2;1-2/h5-7H,3-4H2,1-2H3;4-7H,1-3H3;3-4H,1-2H3;3H2,1-2H3;2H,1H3/t6-,7?;6-;;;/m11.../s1. The van der Waals surface area contributed by atoms with Crippen molar-refractivity contribution in [1.29, 1.82) is 0 Å². The van der Waals surface area contributed by atoms with Gasteiger partial charge in [0.1, 0.15) is 18.9 Å². The van der Waals surface area contributed by atoms with E-state index in [0.29, 0.717) is 11.8 Å². The van der Waals surface area contributed by atoms with Crippen LogP contribution in [0.25, 0.3) is 0 Å². The maximum absolute atomic E-state index is 10.3. The summed E-state index contributed by atoms with van der Waals surface area (Å²) in [4.78, 5) is 32.0. The molecule has 0 aromatic rings. The summed E-state index contributed by atoms with van der Waals surface area (Å²) < 4.78 is 0. The molecule has 0 bridgehead atoms. The number of hydrogen-bond donors (Lipinski definition) is 2. The number of nitrogens with zero attached hydrogens (tertiary/aromatic N) is 1. The third-order valence-corrected chi connectivity index (χ3v) is 3.44. The summed E-state index contributed by atoms with van der Waals surface area (Å²) in [7, 11) is 4.79. The van der Waals surface area contributed by atoms with Gasteiger partial charge < -0.3 is 24.8 Å². The van der Waals surface area contributed by atoms with Gasteiger partial charge in [0.2, 0.25) is 0 Å². The Bertz CT molecular complexity index is 323. The third-order valence-electron chi connectivity index (χ3n) is 3.44. The van der Waals surface area contributed by atoms with Gasteiger partial charge in [0.05, 0.1) is 12.1 Å². The van der Waals surface area contributed by atoms with Crippen molar-refractivity contribution >= 4 is 18.9 Å². The molecule has 6 heteroatoms. The summed E-state index contributed by atoms with van der Waals surface area (Å²) in [5.41, 5.74) is 0. The molecule has 0 aromatic heterocycles. The average molecular weight is 391 g/mol. The SMILES string of the molecule is CC(C)C=O.CCC.CN[C@H](C=O)C(C)C.CO.C[C@@H]1CC(C=O)N(C)C1. The first-order valence-electron chi connectivity index (χ1n) is 9.82. The van der Waals surface area contributed by atoms with Crippen LogP contribution in [0.15, 0.2) is 0 Å². The van der Waals surface area contributed by atoms with Crippen molar-refractivity contribution in [3.05, 3.63) is 0 Å². The molecule has 2 N–H and O–H groups in total. The van der Waals surface area contributed by atoms with Crippen molar-refractivity contribution < 1.29 is 19.5 Å². The molecular formula is C21H46N2O4. The molecule has 0 aromatic carbocycles. The van der Waals surface area contributed by atoms with Crippen LogP contribution >= 0.6 is 0 Å². The van der Waals surface area contributed by atoms with Crippen LogP contribution in [0.2, 0.25) is 0 Å². The molecule has 1 heterocycles. The van der Waals surface area contributed by atoms with Gasteiger partial charge in [-0.3, -0.25) is 4.90 Å². The second kappa shape index (κ2) is 24.9. The van der Waals surface area contributed by atoms with Crippen molar-refractivity contribution in [1.82, 2.24) is 10.2 Å². The molecule has 6 nitrogen and oxygen atoms in total. The summed E-state index contributed by atoms with van der Waals surface area (Å²) in [5, 5.41) is 9.88. The third kappa shape index (κ3) is 24.9. The molecule has 27 heavy (non-hydrogen) atoms. The first-order chi connectivity index (χ1) is 12.6. The van der Waals surface area contributed by atoms with Gasteiger partial charge >= 0.3 is 0 Å². The summed E-state index contributed by atoms with van der Waals surface area (Å²) in [6, 6.07) is 0.218. The Labute approximate surface area is 168 Å². The Kier molecular flexibility index (Phi) is 30.9. The molecule has 1 saturated heterocycles. The lowest BCUT2D eigenvalue weighted by molar-refractivity contribution is -0.111. The molecule has 1 unspecified atom stereocenters. The quantitative estimate of drug-likeness (QED) is 0.702. The van der Waals surface area contributed by atoms with Crippen LogP contribution in [0.5, 0.6) is 0 Å². The van der Waals surface area contributed by atoms with Gasteiger partial charge in [-0.25, -0.2) is 0 Å². The van der Waals surface area contributed by atoms with Crippen molar-refractivity contribution in [2.24, 2.45) is 17.8 Å². The molecule has 164 valence electrons. The summed E-state index contributed by atoms with van der Waals surface area (Å²) in [5.74, 6) is 1.30. The number of likely N-dealkylation sites (N-methyl/N-ethyl adjacent to an activating group) is 2. The van der Waals surface area contributed by atoms with Gasteiger partial charge in [-0.2, -0.15) is 0 Å². The zero-order valence-corrected chi connectivity index (χ0v) is 19.4. The molecule has 1 aliphatic rings. The molecule has 1 fully saturated rings. The fraction of sp³-hybridized carbons (Fsp3) is 0.857. The summed E-state index contributed by atoms with van der Waals surface area (Å²) in [6.45, 7) is 15.2. The lowest BCUT2D eigenvalue weighted by Gasteiger charge is -2.11. The van der Waals surface area contributed by atoms with Crippen molar-refractivity contribution in [3.63, 3.8) is 0 Å². The minimum Gasteiger partial charge on any atom is -0.400 e. The maximum atomic E-state index is 10.3. The van der Waals surface area contributed by atoms with E-state index in [1.807, 2.05) is 34.7 Å². The molecule has 0 amide bonds. The normalized spacial score (nSPS) is 19.0. The van der Waals surface area contributed by atoms with E-state index in [0.717, 1.165) is 38.9 Å². The van der Waals surface area contributed by atoms with E-state index in [1.165, 1.54) is 6.42 Å². The van der Waals surface area contributed by atoms with E-state index in [1.54, 1.807) is 7.05 Å². The number of likely N-dealkylation sites (tertiary alicyclic amines) is 1. The van der Waals surface area contributed by atoms with E-state index in [9.17, 15) is 14.4 Å². The molecule has 1 aliphatic heterocycles. The van der Waals surface area contributed by atoms with Crippen LogP contribution in [0.1, 0.15) is 61.3 Å². The van der Waals surface area contributed by atoms with Crippen molar-refractivity contribution in [3.8, 4) is 0 Å². The van der Waals surface area contributed by atoms with E-state index in [-0.39, 0.29) is 18.0 Å². The zero-order chi connectivity index (χ0) is 22.4. The topological polar surface area (TPSA) is 86.7 Å². The molecule has 0 spiro atoms.